The Kier molecular flexibility index (Phi) is 8.02. The molecule has 7 heteroatoms. The first-order chi connectivity index (χ1) is 10.5. The molecule has 1 aliphatic heterocycles. The first-order valence-corrected chi connectivity index (χ1v) is 8.00. The molecule has 1 aromatic heterocycles. The molecule has 1 aliphatic rings. The van der Waals surface area contributed by atoms with E-state index >= 15 is 0 Å². The van der Waals surface area contributed by atoms with Gasteiger partial charge in [-0.3, -0.25) is 9.48 Å². The predicted molar refractivity (Wildman–Crippen MR) is 92.9 cm³/mol. The van der Waals surface area contributed by atoms with Crippen LogP contribution >= 0.6 is 12.4 Å². The zero-order valence-corrected chi connectivity index (χ0v) is 15.3. The van der Waals surface area contributed by atoms with Crippen LogP contribution in [0.25, 0.3) is 0 Å². The minimum atomic E-state index is -0.0141. The van der Waals surface area contributed by atoms with Gasteiger partial charge in [0.2, 0.25) is 5.91 Å². The molecule has 2 atom stereocenters. The Bertz CT molecular complexity index is 492. The fraction of sp³-hybridized carbons (Fsp3) is 0.750. The maximum Gasteiger partial charge on any atom is 0.227 e. The third-order valence-electron chi connectivity index (χ3n) is 4.15. The van der Waals surface area contributed by atoms with E-state index in [1.165, 1.54) is 0 Å². The monoisotopic (exact) mass is 344 g/mol. The molecule has 0 aromatic carbocycles. The van der Waals surface area contributed by atoms with Crippen molar-refractivity contribution in [2.24, 2.45) is 18.9 Å². The molecule has 23 heavy (non-hydrogen) atoms. The summed E-state index contributed by atoms with van der Waals surface area (Å²) < 4.78 is 6.96. The van der Waals surface area contributed by atoms with Gasteiger partial charge in [-0.05, 0) is 11.5 Å². The van der Waals surface area contributed by atoms with Gasteiger partial charge in [-0.2, -0.15) is 5.10 Å². The first-order valence-electron chi connectivity index (χ1n) is 8.00. The van der Waals surface area contributed by atoms with Crippen LogP contribution in [0.15, 0.2) is 12.4 Å². The molecule has 1 fully saturated rings. The highest BCUT2D eigenvalue weighted by molar-refractivity contribution is 5.85. The lowest BCUT2D eigenvalue weighted by Crippen LogP contribution is -2.42. The number of carbonyl (C=O) groups excluding carboxylic acids is 1. The van der Waals surface area contributed by atoms with Crippen molar-refractivity contribution >= 4 is 18.3 Å². The van der Waals surface area contributed by atoms with Gasteiger partial charge in [-0.25, -0.2) is 0 Å². The van der Waals surface area contributed by atoms with Crippen molar-refractivity contribution in [3.8, 4) is 0 Å². The normalized spacial score (nSPS) is 20.6. The molecular formula is C16H29ClN4O2. The fourth-order valence-corrected chi connectivity index (χ4v) is 3.09. The van der Waals surface area contributed by atoms with E-state index in [2.05, 4.69) is 24.3 Å². The van der Waals surface area contributed by atoms with Crippen molar-refractivity contribution in [2.45, 2.75) is 19.8 Å². The third-order valence-corrected chi connectivity index (χ3v) is 4.15. The first kappa shape index (κ1) is 19.9. The van der Waals surface area contributed by atoms with Gasteiger partial charge in [0.1, 0.15) is 0 Å². The fourth-order valence-electron chi connectivity index (χ4n) is 3.09. The van der Waals surface area contributed by atoms with Crippen LogP contribution in [0, 0.1) is 11.8 Å². The molecule has 1 aromatic rings. The number of carbonyl (C=O) groups is 1. The number of ether oxygens (including phenoxy) is 1. The maximum absolute atomic E-state index is 13.0. The molecular weight excluding hydrogens is 316 g/mol. The van der Waals surface area contributed by atoms with Crippen molar-refractivity contribution in [3.05, 3.63) is 18.0 Å². The average molecular weight is 345 g/mol. The van der Waals surface area contributed by atoms with Crippen LogP contribution in [0.4, 0.5) is 0 Å². The van der Waals surface area contributed by atoms with Crippen LogP contribution in [-0.4, -0.2) is 60.5 Å². The Labute approximate surface area is 145 Å². The topological polar surface area (TPSA) is 59.4 Å². The summed E-state index contributed by atoms with van der Waals surface area (Å²) in [6.45, 7) is 7.86. The second kappa shape index (κ2) is 9.25. The summed E-state index contributed by atoms with van der Waals surface area (Å²) in [5.74, 6) is 0.870. The SMILES string of the molecule is COCCN(CC(C)C)C(=O)[C@H]1CNC[C@@H]1c1cnn(C)c1.Cl. The molecule has 132 valence electrons. The number of halogens is 1. The van der Waals surface area contributed by atoms with Crippen molar-refractivity contribution in [2.75, 3.05) is 39.9 Å². The Morgan fingerprint density at radius 1 is 1.52 bits per heavy atom. The molecule has 1 N–H and O–H groups in total. The highest BCUT2D eigenvalue weighted by Gasteiger charge is 2.37. The molecule has 2 rings (SSSR count). The highest BCUT2D eigenvalue weighted by Crippen LogP contribution is 2.29. The lowest BCUT2D eigenvalue weighted by molar-refractivity contribution is -0.136. The average Bonchev–Trinajstić information content (AvgIpc) is 3.10. The van der Waals surface area contributed by atoms with Gasteiger partial charge in [0.25, 0.3) is 0 Å². The van der Waals surface area contributed by atoms with Crippen LogP contribution in [0.5, 0.6) is 0 Å². The van der Waals surface area contributed by atoms with Crippen LogP contribution in [0.2, 0.25) is 0 Å². The van der Waals surface area contributed by atoms with Crippen LogP contribution in [-0.2, 0) is 16.6 Å². The summed E-state index contributed by atoms with van der Waals surface area (Å²) >= 11 is 0. The molecule has 2 heterocycles. The van der Waals surface area contributed by atoms with Crippen LogP contribution < -0.4 is 5.32 Å². The van der Waals surface area contributed by atoms with Gasteiger partial charge in [0, 0.05) is 52.5 Å². The number of aromatic nitrogens is 2. The van der Waals surface area contributed by atoms with Gasteiger partial charge in [-0.15, -0.1) is 12.4 Å². The maximum atomic E-state index is 13.0. The molecule has 0 saturated carbocycles. The van der Waals surface area contributed by atoms with Crippen molar-refractivity contribution in [3.63, 3.8) is 0 Å². The zero-order valence-electron chi connectivity index (χ0n) is 14.5. The van der Waals surface area contributed by atoms with Crippen molar-refractivity contribution in [1.29, 1.82) is 0 Å². The number of nitrogens with one attached hydrogen (secondary N) is 1. The molecule has 0 unspecified atom stereocenters. The number of methoxy groups -OCH3 is 1. The Morgan fingerprint density at radius 2 is 2.26 bits per heavy atom. The standard InChI is InChI=1S/C16H28N4O2.ClH/c1-12(2)10-20(5-6-22-4)16(21)15-9-17-8-14(15)13-7-18-19(3)11-13;/h7,11-12,14-15,17H,5-6,8-10H2,1-4H3;1H/t14-,15+;/m1./s1. The van der Waals surface area contributed by atoms with E-state index in [-0.39, 0.29) is 30.2 Å². The van der Waals surface area contributed by atoms with Crippen molar-refractivity contribution in [1.82, 2.24) is 20.0 Å². The van der Waals surface area contributed by atoms with Gasteiger partial charge >= 0.3 is 0 Å². The van der Waals surface area contributed by atoms with Gasteiger partial charge in [-0.1, -0.05) is 13.8 Å². The Morgan fingerprint density at radius 3 is 2.83 bits per heavy atom. The van der Waals surface area contributed by atoms with Crippen molar-refractivity contribution < 1.29 is 9.53 Å². The van der Waals surface area contributed by atoms with E-state index in [0.29, 0.717) is 19.1 Å². The minimum absolute atomic E-state index is 0. The third kappa shape index (κ3) is 5.19. The van der Waals surface area contributed by atoms with E-state index in [1.54, 1.807) is 11.8 Å². The second-order valence-corrected chi connectivity index (χ2v) is 6.49. The zero-order chi connectivity index (χ0) is 16.1. The molecule has 1 saturated heterocycles. The van der Waals surface area contributed by atoms with Gasteiger partial charge in [0.15, 0.2) is 0 Å². The minimum Gasteiger partial charge on any atom is -0.383 e. The molecule has 6 nitrogen and oxygen atoms in total. The van der Waals surface area contributed by atoms with Gasteiger partial charge in [0.05, 0.1) is 18.7 Å². The van der Waals surface area contributed by atoms with E-state index in [0.717, 1.165) is 25.2 Å². The smallest absolute Gasteiger partial charge is 0.227 e. The number of aryl methyl sites for hydroxylation is 1. The summed E-state index contributed by atoms with van der Waals surface area (Å²) in [5, 5.41) is 7.60. The summed E-state index contributed by atoms with van der Waals surface area (Å²) in [7, 11) is 3.58. The molecule has 0 radical (unpaired) electrons. The summed E-state index contributed by atoms with van der Waals surface area (Å²) in [6.07, 6.45) is 3.89. The summed E-state index contributed by atoms with van der Waals surface area (Å²) in [4.78, 5) is 14.9. The lowest BCUT2D eigenvalue weighted by Gasteiger charge is -2.29. The van der Waals surface area contributed by atoms with Gasteiger partial charge < -0.3 is 15.0 Å². The largest absolute Gasteiger partial charge is 0.383 e. The molecule has 0 bridgehead atoms. The highest BCUT2D eigenvalue weighted by atomic mass is 35.5. The Balaban J connectivity index is 0.00000264. The van der Waals surface area contributed by atoms with Crippen LogP contribution in [0.3, 0.4) is 0 Å². The quantitative estimate of drug-likeness (QED) is 0.809. The second-order valence-electron chi connectivity index (χ2n) is 6.49. The molecule has 0 aliphatic carbocycles. The number of rotatable bonds is 7. The predicted octanol–water partition coefficient (Wildman–Crippen LogP) is 1.28. The number of nitrogens with zero attached hydrogens (tertiary/aromatic N) is 3. The lowest BCUT2D eigenvalue weighted by atomic mass is 9.89. The van der Waals surface area contributed by atoms with E-state index in [9.17, 15) is 4.79 Å². The molecule has 1 amide bonds. The van der Waals surface area contributed by atoms with E-state index < -0.39 is 0 Å². The van der Waals surface area contributed by atoms with E-state index in [1.807, 2.05) is 24.3 Å². The number of hydrogen-bond acceptors (Lipinski definition) is 4. The summed E-state index contributed by atoms with van der Waals surface area (Å²) in [5.41, 5.74) is 1.14. The number of hydrogen-bond donors (Lipinski definition) is 1. The Hall–Kier alpha value is -1.11. The van der Waals surface area contributed by atoms with E-state index in [4.69, 9.17) is 4.74 Å². The number of amides is 1. The summed E-state index contributed by atoms with van der Waals surface area (Å²) in [6, 6.07) is 0. The van der Waals surface area contributed by atoms with Crippen LogP contribution in [0.1, 0.15) is 25.3 Å². The molecule has 0 spiro atoms.